The average molecular weight is 216 g/mol. The van der Waals surface area contributed by atoms with Crippen LogP contribution in [0.5, 0.6) is 0 Å². The zero-order valence-electron chi connectivity index (χ0n) is 9.46. The largest absolute Gasteiger partial charge is 0.271 e. The lowest BCUT2D eigenvalue weighted by molar-refractivity contribution is 0.312. The topological polar surface area (TPSA) is 38.0 Å². The fourth-order valence-electron chi connectivity index (χ4n) is 2.31. The van der Waals surface area contributed by atoms with E-state index in [2.05, 4.69) is 31.0 Å². The van der Waals surface area contributed by atoms with Gasteiger partial charge in [-0.15, -0.1) is 0 Å². The molecule has 0 aliphatic carbocycles. The second-order valence-electron chi connectivity index (χ2n) is 4.53. The second-order valence-corrected chi connectivity index (χ2v) is 5.68. The van der Waals surface area contributed by atoms with E-state index in [-0.39, 0.29) is 0 Å². The Morgan fingerprint density at radius 1 is 1.57 bits per heavy atom. The molecule has 2 nitrogen and oxygen atoms in total. The number of hydrogen-bond acceptors (Lipinski definition) is 3. The van der Waals surface area contributed by atoms with Crippen LogP contribution >= 0.6 is 11.8 Å². The number of thioether (sulfide) groups is 1. The molecule has 1 aliphatic heterocycles. The van der Waals surface area contributed by atoms with Gasteiger partial charge in [0.05, 0.1) is 0 Å². The van der Waals surface area contributed by atoms with Crippen molar-refractivity contribution in [3.63, 3.8) is 0 Å². The smallest absolute Gasteiger partial charge is 0.0249 e. The van der Waals surface area contributed by atoms with E-state index in [1.807, 2.05) is 0 Å². The molecule has 3 atom stereocenters. The molecular weight excluding hydrogens is 192 g/mol. The summed E-state index contributed by atoms with van der Waals surface area (Å²) in [6.45, 7) is 4.60. The van der Waals surface area contributed by atoms with E-state index in [1.54, 1.807) is 0 Å². The summed E-state index contributed by atoms with van der Waals surface area (Å²) >= 11 is 2.07. The first-order chi connectivity index (χ1) is 6.77. The van der Waals surface area contributed by atoms with Gasteiger partial charge in [-0.3, -0.25) is 11.3 Å². The Bertz CT molecular complexity index is 146. The molecule has 1 heterocycles. The van der Waals surface area contributed by atoms with Gasteiger partial charge in [-0.05, 0) is 36.2 Å². The first-order valence-electron chi connectivity index (χ1n) is 5.81. The minimum absolute atomic E-state index is 0.548. The standard InChI is InChI=1S/C11H24N2S/c1-3-4-9(2)7-11(13-12)10-5-6-14-8-10/h9-11,13H,3-8,12H2,1-2H3. The van der Waals surface area contributed by atoms with Crippen molar-refractivity contribution in [2.45, 2.75) is 45.6 Å². The number of hydrogen-bond donors (Lipinski definition) is 2. The Balaban J connectivity index is 2.29. The molecule has 1 saturated heterocycles. The molecule has 3 heteroatoms. The molecule has 0 amide bonds. The quantitative estimate of drug-likeness (QED) is 0.529. The summed E-state index contributed by atoms with van der Waals surface area (Å²) in [7, 11) is 0. The maximum Gasteiger partial charge on any atom is 0.0249 e. The third kappa shape index (κ3) is 3.79. The van der Waals surface area contributed by atoms with E-state index >= 15 is 0 Å². The Labute approximate surface area is 92.4 Å². The highest BCUT2D eigenvalue weighted by molar-refractivity contribution is 7.99. The lowest BCUT2D eigenvalue weighted by atomic mass is 9.89. The van der Waals surface area contributed by atoms with Gasteiger partial charge in [-0.25, -0.2) is 0 Å². The molecule has 0 saturated carbocycles. The molecule has 0 aromatic rings. The highest BCUT2D eigenvalue weighted by Crippen LogP contribution is 2.29. The van der Waals surface area contributed by atoms with Crippen molar-refractivity contribution in [1.29, 1.82) is 0 Å². The maximum absolute atomic E-state index is 5.64. The van der Waals surface area contributed by atoms with E-state index in [0.29, 0.717) is 6.04 Å². The molecule has 0 aromatic heterocycles. The van der Waals surface area contributed by atoms with Crippen molar-refractivity contribution in [1.82, 2.24) is 5.43 Å². The molecule has 84 valence electrons. The van der Waals surface area contributed by atoms with E-state index in [0.717, 1.165) is 11.8 Å². The zero-order chi connectivity index (χ0) is 10.4. The van der Waals surface area contributed by atoms with Gasteiger partial charge in [0.2, 0.25) is 0 Å². The Hall–Kier alpha value is 0.270. The van der Waals surface area contributed by atoms with Crippen LogP contribution < -0.4 is 11.3 Å². The average Bonchev–Trinajstić information content (AvgIpc) is 2.67. The molecule has 0 bridgehead atoms. The van der Waals surface area contributed by atoms with Crippen molar-refractivity contribution in [3.8, 4) is 0 Å². The molecule has 3 unspecified atom stereocenters. The first-order valence-corrected chi connectivity index (χ1v) is 6.97. The van der Waals surface area contributed by atoms with Gasteiger partial charge >= 0.3 is 0 Å². The van der Waals surface area contributed by atoms with Crippen LogP contribution in [0.25, 0.3) is 0 Å². The van der Waals surface area contributed by atoms with Gasteiger partial charge in [-0.1, -0.05) is 26.7 Å². The van der Waals surface area contributed by atoms with Crippen molar-refractivity contribution >= 4 is 11.8 Å². The summed E-state index contributed by atoms with van der Waals surface area (Å²) in [4.78, 5) is 0. The van der Waals surface area contributed by atoms with Crippen LogP contribution in [0.1, 0.15) is 39.5 Å². The molecular formula is C11H24N2S. The molecule has 14 heavy (non-hydrogen) atoms. The first kappa shape index (κ1) is 12.3. The molecule has 3 N–H and O–H groups in total. The lowest BCUT2D eigenvalue weighted by Gasteiger charge is -2.25. The third-order valence-electron chi connectivity index (χ3n) is 3.19. The maximum atomic E-state index is 5.64. The van der Waals surface area contributed by atoms with Gasteiger partial charge in [0.1, 0.15) is 0 Å². The Kier molecular flexibility index (Phi) is 5.90. The van der Waals surface area contributed by atoms with Crippen LogP contribution in [0, 0.1) is 11.8 Å². The highest BCUT2D eigenvalue weighted by atomic mass is 32.2. The van der Waals surface area contributed by atoms with Crippen LogP contribution in [0.2, 0.25) is 0 Å². The van der Waals surface area contributed by atoms with Crippen molar-refractivity contribution in [2.75, 3.05) is 11.5 Å². The van der Waals surface area contributed by atoms with Gasteiger partial charge in [0, 0.05) is 6.04 Å². The zero-order valence-corrected chi connectivity index (χ0v) is 10.3. The summed E-state index contributed by atoms with van der Waals surface area (Å²) in [6.07, 6.45) is 5.21. The van der Waals surface area contributed by atoms with Gasteiger partial charge in [0.25, 0.3) is 0 Å². The predicted octanol–water partition coefficient (Wildman–Crippen LogP) is 2.40. The lowest BCUT2D eigenvalue weighted by Crippen LogP contribution is -2.42. The fraction of sp³-hybridized carbons (Fsp3) is 1.00. The Morgan fingerprint density at radius 2 is 2.36 bits per heavy atom. The van der Waals surface area contributed by atoms with Crippen LogP contribution in [0.4, 0.5) is 0 Å². The van der Waals surface area contributed by atoms with Crippen LogP contribution in [-0.4, -0.2) is 17.5 Å². The molecule has 1 rings (SSSR count). The number of rotatable bonds is 6. The minimum Gasteiger partial charge on any atom is -0.271 e. The summed E-state index contributed by atoms with van der Waals surface area (Å²) in [5.74, 6) is 9.88. The molecule has 0 aromatic carbocycles. The van der Waals surface area contributed by atoms with E-state index in [9.17, 15) is 0 Å². The van der Waals surface area contributed by atoms with Gasteiger partial charge < -0.3 is 0 Å². The number of hydrazine groups is 1. The van der Waals surface area contributed by atoms with Gasteiger partial charge in [-0.2, -0.15) is 11.8 Å². The second kappa shape index (κ2) is 6.70. The normalized spacial score (nSPS) is 26.4. The van der Waals surface area contributed by atoms with Crippen molar-refractivity contribution < 1.29 is 0 Å². The molecule has 1 aliphatic rings. The Morgan fingerprint density at radius 3 is 2.86 bits per heavy atom. The summed E-state index contributed by atoms with van der Waals surface area (Å²) < 4.78 is 0. The van der Waals surface area contributed by atoms with E-state index < -0.39 is 0 Å². The number of nitrogens with two attached hydrogens (primary N) is 1. The third-order valence-corrected chi connectivity index (χ3v) is 4.37. The fourth-order valence-corrected chi connectivity index (χ4v) is 3.65. The molecule has 1 fully saturated rings. The van der Waals surface area contributed by atoms with Crippen molar-refractivity contribution in [3.05, 3.63) is 0 Å². The monoisotopic (exact) mass is 216 g/mol. The molecule has 0 spiro atoms. The van der Waals surface area contributed by atoms with Crippen LogP contribution in [0.15, 0.2) is 0 Å². The van der Waals surface area contributed by atoms with E-state index in [1.165, 1.54) is 37.2 Å². The SMILES string of the molecule is CCCC(C)CC(NN)C1CCSC1. The number of nitrogens with one attached hydrogen (secondary N) is 1. The van der Waals surface area contributed by atoms with Gasteiger partial charge in [0.15, 0.2) is 0 Å². The molecule has 0 radical (unpaired) electrons. The summed E-state index contributed by atoms with van der Waals surface area (Å²) in [5.41, 5.74) is 3.02. The highest BCUT2D eigenvalue weighted by Gasteiger charge is 2.25. The predicted molar refractivity (Wildman–Crippen MR) is 65.2 cm³/mol. The summed E-state index contributed by atoms with van der Waals surface area (Å²) in [6, 6.07) is 0.548. The summed E-state index contributed by atoms with van der Waals surface area (Å²) in [5, 5.41) is 0. The van der Waals surface area contributed by atoms with Crippen LogP contribution in [0.3, 0.4) is 0 Å². The van der Waals surface area contributed by atoms with Crippen molar-refractivity contribution in [2.24, 2.45) is 17.7 Å². The minimum atomic E-state index is 0.548. The van der Waals surface area contributed by atoms with E-state index in [4.69, 9.17) is 5.84 Å². The van der Waals surface area contributed by atoms with Crippen LogP contribution in [-0.2, 0) is 0 Å².